The van der Waals surface area contributed by atoms with Gasteiger partial charge in [-0.15, -0.1) is 0 Å². The van der Waals surface area contributed by atoms with Crippen LogP contribution in [0.25, 0.3) is 22.0 Å². The summed E-state index contributed by atoms with van der Waals surface area (Å²) in [6.07, 6.45) is 1.83. The molecule has 7 heteroatoms. The molecular weight excluding hydrogens is 446 g/mol. The van der Waals surface area contributed by atoms with E-state index in [2.05, 4.69) is 33.7 Å². The molecule has 0 bridgehead atoms. The number of carbonyl (C=O) groups excluding carboxylic acids is 1. The molecule has 1 aromatic heterocycles. The Bertz CT molecular complexity index is 1270. The van der Waals surface area contributed by atoms with Gasteiger partial charge in [0.2, 0.25) is 0 Å². The maximum Gasteiger partial charge on any atom is 0.255 e. The van der Waals surface area contributed by atoms with E-state index in [-0.39, 0.29) is 5.91 Å². The van der Waals surface area contributed by atoms with Gasteiger partial charge in [-0.2, -0.15) is 0 Å². The average Bonchev–Trinajstić information content (AvgIpc) is 2.91. The molecule has 6 nitrogen and oxygen atoms in total. The van der Waals surface area contributed by atoms with E-state index in [0.29, 0.717) is 12.3 Å². The topological polar surface area (TPSA) is 74.7 Å². The third kappa shape index (κ3) is 5.22. The molecule has 0 spiro atoms. The second-order valence-electron chi connectivity index (χ2n) is 7.66. The molecule has 1 aliphatic heterocycles. The largest absolute Gasteiger partial charge is 0.400 e. The molecule has 0 atom stereocenters. The highest BCUT2D eigenvalue weighted by molar-refractivity contribution is 8.00. The number of rotatable bonds is 4. The SMILES string of the molecule is CO.Cc1ccc(NC(=O)c2ccc(N3COCCS3)cc2)cc1-c1nccc2ccccc12. The van der Waals surface area contributed by atoms with Crippen LogP contribution in [-0.4, -0.2) is 42.2 Å². The summed E-state index contributed by atoms with van der Waals surface area (Å²) in [7, 11) is 1.00. The van der Waals surface area contributed by atoms with Crippen molar-refractivity contribution in [1.82, 2.24) is 4.98 Å². The second kappa shape index (κ2) is 11.2. The summed E-state index contributed by atoms with van der Waals surface area (Å²) in [5.74, 6) is 0.795. The van der Waals surface area contributed by atoms with Crippen LogP contribution < -0.4 is 9.62 Å². The quantitative estimate of drug-likeness (QED) is 0.381. The fraction of sp³-hybridized carbons (Fsp3) is 0.185. The smallest absolute Gasteiger partial charge is 0.255 e. The van der Waals surface area contributed by atoms with Crippen molar-refractivity contribution in [2.75, 3.05) is 35.8 Å². The van der Waals surface area contributed by atoms with Gasteiger partial charge >= 0.3 is 0 Å². The maximum atomic E-state index is 12.9. The lowest BCUT2D eigenvalue weighted by molar-refractivity contribution is 0.102. The number of nitrogens with zero attached hydrogens (tertiary/aromatic N) is 2. The number of ether oxygens (including phenoxy) is 1. The van der Waals surface area contributed by atoms with Crippen LogP contribution in [0.2, 0.25) is 0 Å². The molecule has 34 heavy (non-hydrogen) atoms. The van der Waals surface area contributed by atoms with Gasteiger partial charge in [0.15, 0.2) is 0 Å². The number of carbonyl (C=O) groups is 1. The molecule has 0 aliphatic carbocycles. The number of pyridine rings is 1. The van der Waals surface area contributed by atoms with Gasteiger partial charge in [-0.1, -0.05) is 30.3 Å². The fourth-order valence-electron chi connectivity index (χ4n) is 3.81. The third-order valence-electron chi connectivity index (χ3n) is 5.53. The number of fused-ring (bicyclic) bond motifs is 1. The van der Waals surface area contributed by atoms with E-state index in [4.69, 9.17) is 9.84 Å². The van der Waals surface area contributed by atoms with Crippen LogP contribution in [0.4, 0.5) is 11.4 Å². The van der Waals surface area contributed by atoms with Crippen LogP contribution in [0, 0.1) is 6.92 Å². The summed E-state index contributed by atoms with van der Waals surface area (Å²) >= 11 is 1.74. The number of benzene rings is 3. The van der Waals surface area contributed by atoms with E-state index >= 15 is 0 Å². The van der Waals surface area contributed by atoms with E-state index in [9.17, 15) is 4.79 Å². The predicted octanol–water partition coefficient (Wildman–Crippen LogP) is 5.51. The van der Waals surface area contributed by atoms with Crippen molar-refractivity contribution in [3.63, 3.8) is 0 Å². The third-order valence-corrected chi connectivity index (χ3v) is 6.50. The lowest BCUT2D eigenvalue weighted by atomic mass is 9.99. The van der Waals surface area contributed by atoms with Crippen LogP contribution in [0.5, 0.6) is 0 Å². The molecule has 3 aromatic carbocycles. The van der Waals surface area contributed by atoms with Crippen molar-refractivity contribution >= 4 is 40.0 Å². The van der Waals surface area contributed by atoms with Gasteiger partial charge < -0.3 is 15.2 Å². The minimum Gasteiger partial charge on any atom is -0.400 e. The molecule has 1 saturated heterocycles. The van der Waals surface area contributed by atoms with Gasteiger partial charge in [0.25, 0.3) is 5.91 Å². The molecule has 0 unspecified atom stereocenters. The minimum atomic E-state index is -0.139. The Hall–Kier alpha value is -3.39. The summed E-state index contributed by atoms with van der Waals surface area (Å²) < 4.78 is 7.59. The van der Waals surface area contributed by atoms with E-state index in [1.165, 1.54) is 0 Å². The molecule has 5 rings (SSSR count). The second-order valence-corrected chi connectivity index (χ2v) is 8.77. The van der Waals surface area contributed by atoms with Gasteiger partial charge in [0, 0.05) is 46.9 Å². The van der Waals surface area contributed by atoms with Crippen molar-refractivity contribution in [2.45, 2.75) is 6.92 Å². The van der Waals surface area contributed by atoms with Gasteiger partial charge in [-0.3, -0.25) is 14.1 Å². The van der Waals surface area contributed by atoms with E-state index in [0.717, 1.165) is 58.4 Å². The fourth-order valence-corrected chi connectivity index (χ4v) is 4.64. The molecule has 1 aliphatic rings. The highest BCUT2D eigenvalue weighted by atomic mass is 32.2. The summed E-state index contributed by atoms with van der Waals surface area (Å²) in [6.45, 7) is 3.39. The van der Waals surface area contributed by atoms with Crippen molar-refractivity contribution in [2.24, 2.45) is 0 Å². The number of hydrogen-bond donors (Lipinski definition) is 2. The van der Waals surface area contributed by atoms with Crippen LogP contribution in [0.3, 0.4) is 0 Å². The van der Waals surface area contributed by atoms with Gasteiger partial charge in [-0.05, 0) is 72.3 Å². The van der Waals surface area contributed by atoms with E-state index in [1.54, 1.807) is 11.9 Å². The Labute approximate surface area is 203 Å². The first kappa shape index (κ1) is 23.8. The number of amides is 1. The number of nitrogens with one attached hydrogen (secondary N) is 1. The van der Waals surface area contributed by atoms with Crippen molar-refractivity contribution in [3.8, 4) is 11.3 Å². The zero-order valence-electron chi connectivity index (χ0n) is 19.2. The first-order valence-corrected chi connectivity index (χ1v) is 11.9. The molecule has 1 fully saturated rings. The molecule has 0 radical (unpaired) electrons. The van der Waals surface area contributed by atoms with Crippen molar-refractivity contribution < 1.29 is 14.6 Å². The van der Waals surface area contributed by atoms with Crippen LogP contribution in [0.1, 0.15) is 15.9 Å². The number of aryl methyl sites for hydroxylation is 1. The Morgan fingerprint density at radius 2 is 1.85 bits per heavy atom. The van der Waals surface area contributed by atoms with Crippen LogP contribution in [-0.2, 0) is 4.74 Å². The molecule has 2 heterocycles. The molecule has 1 amide bonds. The van der Waals surface area contributed by atoms with Gasteiger partial charge in [-0.25, -0.2) is 0 Å². The monoisotopic (exact) mass is 473 g/mol. The number of aliphatic hydroxyl groups excluding tert-OH is 1. The number of hydrogen-bond acceptors (Lipinski definition) is 6. The first-order chi connectivity index (χ1) is 16.7. The number of aromatic nitrogens is 1. The first-order valence-electron chi connectivity index (χ1n) is 11.0. The van der Waals surface area contributed by atoms with E-state index < -0.39 is 0 Å². The Morgan fingerprint density at radius 1 is 1.06 bits per heavy atom. The summed E-state index contributed by atoms with van der Waals surface area (Å²) in [4.78, 5) is 17.5. The Kier molecular flexibility index (Phi) is 7.80. The van der Waals surface area contributed by atoms with Crippen LogP contribution >= 0.6 is 11.9 Å². The van der Waals surface area contributed by atoms with E-state index in [1.807, 2.05) is 66.9 Å². The molecule has 174 valence electrons. The molecular formula is C27H27N3O3S. The molecule has 2 N–H and O–H groups in total. The summed E-state index contributed by atoms with van der Waals surface area (Å²) in [5.41, 5.74) is 5.43. The van der Waals surface area contributed by atoms with Gasteiger partial charge in [0.05, 0.1) is 12.3 Å². The highest BCUT2D eigenvalue weighted by Gasteiger charge is 2.14. The lowest BCUT2D eigenvalue weighted by Crippen LogP contribution is -2.25. The van der Waals surface area contributed by atoms with Crippen LogP contribution in [0.15, 0.2) is 79.0 Å². The van der Waals surface area contributed by atoms with Crippen molar-refractivity contribution in [1.29, 1.82) is 0 Å². The highest BCUT2D eigenvalue weighted by Crippen LogP contribution is 2.31. The molecule has 4 aromatic rings. The zero-order valence-corrected chi connectivity index (χ0v) is 20.0. The number of aliphatic hydroxyl groups is 1. The summed E-state index contributed by atoms with van der Waals surface area (Å²) in [5, 5.41) is 12.3. The average molecular weight is 474 g/mol. The number of anilines is 2. The molecule has 0 saturated carbocycles. The minimum absolute atomic E-state index is 0.139. The standard InChI is InChI=1S/C26H23N3O2S.CH4O/c1-18-6-9-21(16-24(18)25-23-5-3-2-4-19(23)12-13-27-25)28-26(30)20-7-10-22(11-8-20)29-17-31-14-15-32-29;1-2/h2-13,16H,14-15,17H2,1H3,(H,28,30);2H,1H3. The predicted molar refractivity (Wildman–Crippen MR) is 140 cm³/mol. The Balaban J connectivity index is 0.00000133. The maximum absolute atomic E-state index is 12.9. The Morgan fingerprint density at radius 3 is 2.62 bits per heavy atom. The van der Waals surface area contributed by atoms with Crippen molar-refractivity contribution in [3.05, 3.63) is 90.1 Å². The van der Waals surface area contributed by atoms with Gasteiger partial charge in [0.1, 0.15) is 6.73 Å². The lowest BCUT2D eigenvalue weighted by Gasteiger charge is -2.27. The summed E-state index contributed by atoms with van der Waals surface area (Å²) in [6, 6.07) is 23.8. The normalized spacial score (nSPS) is 13.2. The zero-order chi connectivity index (χ0) is 23.9.